The van der Waals surface area contributed by atoms with E-state index >= 15 is 0 Å². The number of imide groups is 1. The Bertz CT molecular complexity index is 706. The molecule has 1 fully saturated rings. The molecule has 3 rings (SSSR count). The summed E-state index contributed by atoms with van der Waals surface area (Å²) in [6.07, 6.45) is 8.03. The Morgan fingerprint density at radius 3 is 2.54 bits per heavy atom. The number of imidazole rings is 1. The predicted molar refractivity (Wildman–Crippen MR) is 90.2 cm³/mol. The normalized spacial score (nSPS) is 19.7. The largest absolute Gasteiger partial charge is 0.401 e. The van der Waals surface area contributed by atoms with E-state index in [1.807, 2.05) is 17.7 Å². The average molecular weight is 332 g/mol. The van der Waals surface area contributed by atoms with Crippen molar-refractivity contribution in [1.82, 2.24) is 14.4 Å². The average Bonchev–Trinajstić information content (AvgIpc) is 3.06. The topological polar surface area (TPSA) is 61.8 Å². The molecule has 2 aliphatic rings. The van der Waals surface area contributed by atoms with Gasteiger partial charge >= 0.3 is 12.0 Å². The van der Waals surface area contributed by atoms with Crippen LogP contribution in [0.3, 0.4) is 0 Å². The molecule has 0 spiro atoms. The molecule has 0 bridgehead atoms. The molecule has 24 heavy (non-hydrogen) atoms. The Kier molecular flexibility index (Phi) is 4.43. The van der Waals surface area contributed by atoms with Gasteiger partial charge in [0.25, 0.3) is 5.91 Å². The highest BCUT2D eigenvalue weighted by molar-refractivity contribution is 6.18. The summed E-state index contributed by atoms with van der Waals surface area (Å²) in [4.78, 5) is 31.9. The van der Waals surface area contributed by atoms with Crippen LogP contribution in [-0.4, -0.2) is 46.2 Å². The number of urea groups is 1. The van der Waals surface area contributed by atoms with E-state index in [0.717, 1.165) is 24.6 Å². The summed E-state index contributed by atoms with van der Waals surface area (Å²) in [6, 6.07) is -0.851. The second-order valence-electron chi connectivity index (χ2n) is 6.65. The molecule has 0 saturated carbocycles. The zero-order chi connectivity index (χ0) is 17.4. The van der Waals surface area contributed by atoms with E-state index in [4.69, 9.17) is 0 Å². The van der Waals surface area contributed by atoms with E-state index in [1.165, 1.54) is 42.5 Å². The minimum Gasteiger partial charge on any atom is -0.270 e. The Morgan fingerprint density at radius 2 is 1.83 bits per heavy atom. The molecular weight excluding hydrogens is 306 g/mol. The van der Waals surface area contributed by atoms with E-state index in [2.05, 4.69) is 16.5 Å². The van der Waals surface area contributed by atoms with Gasteiger partial charge in [-0.1, -0.05) is 37.6 Å². The van der Waals surface area contributed by atoms with Crippen LogP contribution in [0.4, 0.5) is 10.7 Å². The Hall–Kier alpha value is -2.18. The van der Waals surface area contributed by atoms with Gasteiger partial charge in [-0.25, -0.2) is 13.9 Å². The number of carbonyl (C=O) groups excluding carboxylic acids is 2. The van der Waals surface area contributed by atoms with Crippen LogP contribution in [0.25, 0.3) is 0 Å². The standard InChI is InChI=1S/C17H26N5O2/c1-5-6-7-8-9-10-21-12(2)11-22-13-14(18-16(21)22)19(3)17(24)20(4)15(13)23/h11,13H,5-10H2,1-4H3/q+1. The lowest BCUT2D eigenvalue weighted by molar-refractivity contribution is -0.677. The van der Waals surface area contributed by atoms with Crippen molar-refractivity contribution in [2.24, 2.45) is 4.99 Å². The van der Waals surface area contributed by atoms with Crippen molar-refractivity contribution in [1.29, 1.82) is 0 Å². The van der Waals surface area contributed by atoms with Crippen LogP contribution in [0.2, 0.25) is 0 Å². The number of amides is 3. The van der Waals surface area contributed by atoms with E-state index in [1.54, 1.807) is 7.05 Å². The first kappa shape index (κ1) is 16.7. The van der Waals surface area contributed by atoms with Crippen molar-refractivity contribution in [2.75, 3.05) is 14.1 Å². The van der Waals surface area contributed by atoms with Crippen LogP contribution in [-0.2, 0) is 11.3 Å². The highest BCUT2D eigenvalue weighted by atomic mass is 16.2. The van der Waals surface area contributed by atoms with E-state index in [0.29, 0.717) is 5.84 Å². The predicted octanol–water partition coefficient (Wildman–Crippen LogP) is 2.16. The number of hydrogen-bond acceptors (Lipinski definition) is 3. The number of nitrogens with zero attached hydrogens (tertiary/aromatic N) is 5. The lowest BCUT2D eigenvalue weighted by atomic mass is 10.1. The van der Waals surface area contributed by atoms with Gasteiger partial charge in [-0.3, -0.25) is 14.6 Å². The Labute approximate surface area is 142 Å². The number of aromatic nitrogens is 2. The summed E-state index contributed by atoms with van der Waals surface area (Å²) >= 11 is 0. The fraction of sp³-hybridized carbons (Fsp3) is 0.647. The quantitative estimate of drug-likeness (QED) is 0.592. The number of carbonyl (C=O) groups is 2. The number of amidine groups is 1. The molecule has 1 unspecified atom stereocenters. The lowest BCUT2D eigenvalue weighted by Gasteiger charge is -2.30. The molecule has 130 valence electrons. The summed E-state index contributed by atoms with van der Waals surface area (Å²) in [5.74, 6) is 1.07. The summed E-state index contributed by atoms with van der Waals surface area (Å²) in [6.45, 7) is 5.14. The van der Waals surface area contributed by atoms with Crippen LogP contribution in [0.5, 0.6) is 0 Å². The molecular formula is C17H26N5O2+. The monoisotopic (exact) mass is 332 g/mol. The molecule has 0 aromatic carbocycles. The third-order valence-corrected chi connectivity index (χ3v) is 4.93. The number of aryl methyl sites for hydroxylation is 1. The molecule has 1 saturated heterocycles. The van der Waals surface area contributed by atoms with Crippen molar-refractivity contribution < 1.29 is 14.2 Å². The third-order valence-electron chi connectivity index (χ3n) is 4.93. The number of fused-ring (bicyclic) bond motifs is 3. The molecule has 3 heterocycles. The molecule has 3 amide bonds. The van der Waals surface area contributed by atoms with Crippen LogP contribution >= 0.6 is 0 Å². The van der Waals surface area contributed by atoms with Crippen molar-refractivity contribution in [3.63, 3.8) is 0 Å². The van der Waals surface area contributed by atoms with Crippen molar-refractivity contribution >= 4 is 23.7 Å². The number of rotatable bonds is 6. The fourth-order valence-corrected chi connectivity index (χ4v) is 3.46. The molecule has 0 radical (unpaired) electrons. The Morgan fingerprint density at radius 1 is 1.12 bits per heavy atom. The molecule has 1 aromatic heterocycles. The van der Waals surface area contributed by atoms with Gasteiger partial charge in [-0.05, 0) is 13.3 Å². The van der Waals surface area contributed by atoms with Crippen LogP contribution in [0.1, 0.15) is 50.8 Å². The second-order valence-corrected chi connectivity index (χ2v) is 6.65. The van der Waals surface area contributed by atoms with E-state index < -0.39 is 6.04 Å². The molecule has 0 N–H and O–H groups in total. The van der Waals surface area contributed by atoms with Gasteiger partial charge in [-0.2, -0.15) is 0 Å². The zero-order valence-corrected chi connectivity index (χ0v) is 14.9. The van der Waals surface area contributed by atoms with Crippen molar-refractivity contribution in [3.8, 4) is 0 Å². The van der Waals surface area contributed by atoms with Gasteiger partial charge < -0.3 is 0 Å². The maximum Gasteiger partial charge on any atom is 0.401 e. The zero-order valence-electron chi connectivity index (χ0n) is 14.9. The van der Waals surface area contributed by atoms with Gasteiger partial charge in [0, 0.05) is 14.1 Å². The third kappa shape index (κ3) is 2.52. The first-order chi connectivity index (χ1) is 11.5. The van der Waals surface area contributed by atoms with Gasteiger partial charge in [0.1, 0.15) is 11.9 Å². The van der Waals surface area contributed by atoms with Crippen LogP contribution < -0.4 is 4.57 Å². The van der Waals surface area contributed by atoms with Gasteiger partial charge in [0.05, 0.1) is 6.54 Å². The van der Waals surface area contributed by atoms with E-state index in [-0.39, 0.29) is 11.9 Å². The maximum atomic E-state index is 12.5. The lowest BCUT2D eigenvalue weighted by Crippen LogP contribution is -2.61. The summed E-state index contributed by atoms with van der Waals surface area (Å²) in [5, 5.41) is 0. The highest BCUT2D eigenvalue weighted by Crippen LogP contribution is 2.28. The van der Waals surface area contributed by atoms with Gasteiger partial charge in [0.15, 0.2) is 0 Å². The summed E-state index contributed by atoms with van der Waals surface area (Å²) < 4.78 is 4.06. The molecule has 0 aliphatic carbocycles. The number of likely N-dealkylation sites (N-methyl/N-ethyl adjacent to an activating group) is 2. The smallest absolute Gasteiger partial charge is 0.270 e. The van der Waals surface area contributed by atoms with Crippen molar-refractivity contribution in [3.05, 3.63) is 11.9 Å². The van der Waals surface area contributed by atoms with Crippen molar-refractivity contribution in [2.45, 2.75) is 58.5 Å². The molecule has 7 nitrogen and oxygen atoms in total. The maximum absolute atomic E-state index is 12.5. The minimum atomic E-state index is -0.521. The number of hydrogen-bond donors (Lipinski definition) is 0. The summed E-state index contributed by atoms with van der Waals surface area (Å²) in [5.41, 5.74) is 1.10. The molecule has 7 heteroatoms. The highest BCUT2D eigenvalue weighted by Gasteiger charge is 2.51. The van der Waals surface area contributed by atoms with E-state index in [9.17, 15) is 9.59 Å². The SMILES string of the molecule is CCCCCCCn1c(C)c[n+]2c1N=C1C2C(=O)N(C)C(=O)N1C. The Balaban J connectivity index is 1.85. The molecule has 1 atom stereocenters. The van der Waals surface area contributed by atoms with Gasteiger partial charge in [-0.15, -0.1) is 0 Å². The first-order valence-electron chi connectivity index (χ1n) is 8.72. The number of unbranched alkanes of at least 4 members (excludes halogenated alkanes) is 4. The molecule has 2 aliphatic heterocycles. The van der Waals surface area contributed by atoms with Gasteiger partial charge in [0.2, 0.25) is 11.9 Å². The van der Waals surface area contributed by atoms with Crippen LogP contribution in [0.15, 0.2) is 11.2 Å². The first-order valence-corrected chi connectivity index (χ1v) is 8.72. The minimum absolute atomic E-state index is 0.222. The second kappa shape index (κ2) is 6.37. The fourth-order valence-electron chi connectivity index (χ4n) is 3.46. The molecule has 1 aromatic rings. The number of aliphatic imine (C=N–C) groups is 1. The summed E-state index contributed by atoms with van der Waals surface area (Å²) in [7, 11) is 3.19. The van der Waals surface area contributed by atoms with Crippen LogP contribution in [0, 0.1) is 6.92 Å².